The number of nitrogens with one attached hydrogen (secondary N) is 1. The molecule has 3 atom stereocenters. The van der Waals surface area contributed by atoms with E-state index in [4.69, 9.17) is 15.3 Å². The van der Waals surface area contributed by atoms with Gasteiger partial charge in [0.25, 0.3) is 0 Å². The molecule has 0 amide bonds. The number of ether oxygens (including phenoxy) is 2. The lowest BCUT2D eigenvalue weighted by molar-refractivity contribution is 0.167. The van der Waals surface area contributed by atoms with E-state index in [1.807, 2.05) is 6.07 Å². The number of hydrogen-bond donors (Lipinski definition) is 2. The Morgan fingerprint density at radius 2 is 1.71 bits per heavy atom. The van der Waals surface area contributed by atoms with Crippen molar-refractivity contribution in [2.45, 2.75) is 39.2 Å². The van der Waals surface area contributed by atoms with Gasteiger partial charge in [-0.15, -0.1) is 0 Å². The van der Waals surface area contributed by atoms with Crippen LogP contribution in [-0.2, 0) is 0 Å². The molecule has 1 aromatic rings. The standard InChI is InChI=1S/C17H26N2O2/c1-11-7-12(2)9-14(8-11)17(19-18)13-3-4-15-16(10-13)21-6-5-20-15/h3-4,10-12,14,17,19H,5-9,18H2,1-2H3. The first-order valence-electron chi connectivity index (χ1n) is 8.03. The Hall–Kier alpha value is -1.26. The van der Waals surface area contributed by atoms with Crippen molar-refractivity contribution in [3.63, 3.8) is 0 Å². The summed E-state index contributed by atoms with van der Waals surface area (Å²) in [4.78, 5) is 0. The van der Waals surface area contributed by atoms with Crippen LogP contribution in [0.3, 0.4) is 0 Å². The van der Waals surface area contributed by atoms with Crippen molar-refractivity contribution < 1.29 is 9.47 Å². The second-order valence-corrected chi connectivity index (χ2v) is 6.72. The van der Waals surface area contributed by atoms with Gasteiger partial charge in [-0.25, -0.2) is 0 Å². The lowest BCUT2D eigenvalue weighted by Crippen LogP contribution is -2.37. The zero-order valence-electron chi connectivity index (χ0n) is 13.0. The van der Waals surface area contributed by atoms with E-state index >= 15 is 0 Å². The Labute approximate surface area is 127 Å². The summed E-state index contributed by atoms with van der Waals surface area (Å²) in [5.41, 5.74) is 4.24. The monoisotopic (exact) mass is 290 g/mol. The minimum atomic E-state index is 0.186. The average molecular weight is 290 g/mol. The topological polar surface area (TPSA) is 56.5 Å². The van der Waals surface area contributed by atoms with Crippen LogP contribution in [0.15, 0.2) is 18.2 Å². The predicted molar refractivity (Wildman–Crippen MR) is 83.2 cm³/mol. The molecule has 116 valence electrons. The molecular weight excluding hydrogens is 264 g/mol. The van der Waals surface area contributed by atoms with Gasteiger partial charge in [-0.3, -0.25) is 11.3 Å². The third-order valence-electron chi connectivity index (χ3n) is 4.79. The van der Waals surface area contributed by atoms with Gasteiger partial charge >= 0.3 is 0 Å². The summed E-state index contributed by atoms with van der Waals surface area (Å²) in [6.45, 7) is 5.94. The molecule has 1 heterocycles. The third-order valence-corrected chi connectivity index (χ3v) is 4.79. The molecule has 1 aliphatic heterocycles. The van der Waals surface area contributed by atoms with Gasteiger partial charge < -0.3 is 9.47 Å². The number of hydrazine groups is 1. The van der Waals surface area contributed by atoms with E-state index in [0.717, 1.165) is 23.3 Å². The Kier molecular flexibility index (Phi) is 4.36. The summed E-state index contributed by atoms with van der Waals surface area (Å²) in [7, 11) is 0. The van der Waals surface area contributed by atoms with Crippen LogP contribution in [-0.4, -0.2) is 13.2 Å². The molecule has 4 nitrogen and oxygen atoms in total. The van der Waals surface area contributed by atoms with Gasteiger partial charge in [0.15, 0.2) is 11.5 Å². The van der Waals surface area contributed by atoms with Crippen molar-refractivity contribution in [1.29, 1.82) is 0 Å². The number of nitrogens with two attached hydrogens (primary N) is 1. The van der Waals surface area contributed by atoms with Gasteiger partial charge in [0.05, 0.1) is 0 Å². The molecule has 1 aliphatic carbocycles. The van der Waals surface area contributed by atoms with Crippen LogP contribution < -0.4 is 20.7 Å². The van der Waals surface area contributed by atoms with E-state index in [2.05, 4.69) is 31.4 Å². The van der Waals surface area contributed by atoms with Crippen LogP contribution >= 0.6 is 0 Å². The van der Waals surface area contributed by atoms with Crippen molar-refractivity contribution >= 4 is 0 Å². The van der Waals surface area contributed by atoms with Gasteiger partial charge in [0, 0.05) is 6.04 Å². The highest BCUT2D eigenvalue weighted by Crippen LogP contribution is 2.41. The molecule has 1 saturated carbocycles. The normalized spacial score (nSPS) is 30.0. The van der Waals surface area contributed by atoms with Crippen LogP contribution in [0.1, 0.15) is 44.7 Å². The van der Waals surface area contributed by atoms with Gasteiger partial charge in [0.2, 0.25) is 0 Å². The summed E-state index contributed by atoms with van der Waals surface area (Å²) in [6, 6.07) is 6.39. The highest BCUT2D eigenvalue weighted by atomic mass is 16.6. The summed E-state index contributed by atoms with van der Waals surface area (Å²) >= 11 is 0. The number of fused-ring (bicyclic) bond motifs is 1. The molecular formula is C17H26N2O2. The van der Waals surface area contributed by atoms with E-state index < -0.39 is 0 Å². The molecule has 21 heavy (non-hydrogen) atoms. The fourth-order valence-corrected chi connectivity index (χ4v) is 4.04. The van der Waals surface area contributed by atoms with Gasteiger partial charge in [0.1, 0.15) is 13.2 Å². The van der Waals surface area contributed by atoms with E-state index in [9.17, 15) is 0 Å². The Morgan fingerprint density at radius 3 is 2.38 bits per heavy atom. The van der Waals surface area contributed by atoms with Crippen LogP contribution in [0, 0.1) is 17.8 Å². The lowest BCUT2D eigenvalue weighted by Gasteiger charge is -2.36. The van der Waals surface area contributed by atoms with Crippen LogP contribution in [0.5, 0.6) is 11.5 Å². The lowest BCUT2D eigenvalue weighted by atomic mass is 9.72. The van der Waals surface area contributed by atoms with Crippen LogP contribution in [0.25, 0.3) is 0 Å². The van der Waals surface area contributed by atoms with Crippen LogP contribution in [0.4, 0.5) is 0 Å². The second-order valence-electron chi connectivity index (χ2n) is 6.72. The second kappa shape index (κ2) is 6.24. The fourth-order valence-electron chi connectivity index (χ4n) is 4.04. The molecule has 0 saturated heterocycles. The molecule has 1 aromatic carbocycles. The average Bonchev–Trinajstić information content (AvgIpc) is 2.47. The van der Waals surface area contributed by atoms with E-state index in [1.54, 1.807) is 0 Å². The first-order chi connectivity index (χ1) is 10.2. The Bertz CT molecular complexity index is 482. The quantitative estimate of drug-likeness (QED) is 0.663. The third kappa shape index (κ3) is 3.16. The molecule has 3 unspecified atom stereocenters. The van der Waals surface area contributed by atoms with Crippen molar-refractivity contribution in [2.24, 2.45) is 23.6 Å². The maximum atomic E-state index is 5.88. The number of benzene rings is 1. The zero-order valence-corrected chi connectivity index (χ0v) is 13.0. The largest absolute Gasteiger partial charge is 0.486 e. The highest BCUT2D eigenvalue weighted by Gasteiger charge is 2.31. The molecule has 4 heteroatoms. The van der Waals surface area contributed by atoms with E-state index in [-0.39, 0.29) is 6.04 Å². The van der Waals surface area contributed by atoms with Crippen molar-refractivity contribution in [3.8, 4) is 11.5 Å². The molecule has 2 aliphatic rings. The van der Waals surface area contributed by atoms with Gasteiger partial charge in [-0.05, 0) is 54.7 Å². The molecule has 0 radical (unpaired) electrons. The van der Waals surface area contributed by atoms with Crippen molar-refractivity contribution in [2.75, 3.05) is 13.2 Å². The predicted octanol–water partition coefficient (Wildman–Crippen LogP) is 3.03. The van der Waals surface area contributed by atoms with E-state index in [1.165, 1.54) is 24.8 Å². The minimum Gasteiger partial charge on any atom is -0.486 e. The Balaban J connectivity index is 1.82. The highest BCUT2D eigenvalue weighted by molar-refractivity contribution is 5.44. The molecule has 3 rings (SSSR count). The summed E-state index contributed by atoms with van der Waals surface area (Å²) < 4.78 is 11.3. The fraction of sp³-hybridized carbons (Fsp3) is 0.647. The van der Waals surface area contributed by atoms with Crippen molar-refractivity contribution in [1.82, 2.24) is 5.43 Å². The molecule has 0 aromatic heterocycles. The zero-order chi connectivity index (χ0) is 14.8. The molecule has 3 N–H and O–H groups in total. The van der Waals surface area contributed by atoms with Crippen molar-refractivity contribution in [3.05, 3.63) is 23.8 Å². The number of hydrogen-bond acceptors (Lipinski definition) is 4. The van der Waals surface area contributed by atoms with Crippen LogP contribution in [0.2, 0.25) is 0 Å². The first-order valence-corrected chi connectivity index (χ1v) is 8.03. The minimum absolute atomic E-state index is 0.186. The maximum absolute atomic E-state index is 5.88. The summed E-state index contributed by atoms with van der Waals surface area (Å²) in [5, 5.41) is 0. The number of rotatable bonds is 3. The maximum Gasteiger partial charge on any atom is 0.161 e. The molecule has 0 bridgehead atoms. The van der Waals surface area contributed by atoms with Gasteiger partial charge in [-0.1, -0.05) is 19.9 Å². The van der Waals surface area contributed by atoms with E-state index in [0.29, 0.717) is 19.1 Å². The summed E-state index contributed by atoms with van der Waals surface area (Å²) in [6.07, 6.45) is 3.79. The molecule has 1 fully saturated rings. The Morgan fingerprint density at radius 1 is 1.05 bits per heavy atom. The summed E-state index contributed by atoms with van der Waals surface area (Å²) in [5.74, 6) is 9.68. The SMILES string of the molecule is CC1CC(C)CC(C(NN)c2ccc3c(c2)OCCO3)C1. The van der Waals surface area contributed by atoms with Gasteiger partial charge in [-0.2, -0.15) is 0 Å². The molecule has 0 spiro atoms. The first kappa shape index (κ1) is 14.7. The smallest absolute Gasteiger partial charge is 0.161 e.